The number of ether oxygens (including phenoxy) is 2. The number of benzene rings is 2. The average molecular weight is 490 g/mol. The summed E-state index contributed by atoms with van der Waals surface area (Å²) in [6.45, 7) is 6.53. The van der Waals surface area contributed by atoms with Crippen LogP contribution in [0.3, 0.4) is 0 Å². The van der Waals surface area contributed by atoms with Gasteiger partial charge >= 0.3 is 0 Å². The Morgan fingerprint density at radius 3 is 2.72 bits per heavy atom. The lowest BCUT2D eigenvalue weighted by Crippen LogP contribution is -2.38. The van der Waals surface area contributed by atoms with Crippen LogP contribution in [0.5, 0.6) is 5.75 Å². The Balaban J connectivity index is 1.38. The van der Waals surface area contributed by atoms with Gasteiger partial charge in [-0.05, 0) is 60.2 Å². The summed E-state index contributed by atoms with van der Waals surface area (Å²) in [4.78, 5) is 26.6. The number of hydrogen-bond donors (Lipinski definition) is 2. The summed E-state index contributed by atoms with van der Waals surface area (Å²) < 4.78 is 11.8. The molecule has 2 amide bonds. The van der Waals surface area contributed by atoms with E-state index in [4.69, 9.17) is 9.47 Å². The van der Waals surface area contributed by atoms with Crippen LogP contribution >= 0.6 is 0 Å². The highest BCUT2D eigenvalue weighted by Crippen LogP contribution is 2.40. The second-order valence-corrected chi connectivity index (χ2v) is 9.89. The van der Waals surface area contributed by atoms with Crippen LogP contribution in [-0.4, -0.2) is 56.2 Å². The van der Waals surface area contributed by atoms with Gasteiger partial charge in [-0.2, -0.15) is 0 Å². The van der Waals surface area contributed by atoms with Crippen molar-refractivity contribution in [2.45, 2.75) is 44.9 Å². The fourth-order valence-corrected chi connectivity index (χ4v) is 5.42. The number of nitrogens with one attached hydrogen (secondary N) is 2. The Morgan fingerprint density at radius 1 is 1.14 bits per heavy atom. The van der Waals surface area contributed by atoms with Crippen LogP contribution in [0.25, 0.3) is 11.6 Å². The van der Waals surface area contributed by atoms with Gasteiger partial charge in [-0.25, -0.2) is 0 Å². The summed E-state index contributed by atoms with van der Waals surface area (Å²) in [5.41, 5.74) is 5.12. The molecule has 190 valence electrons. The number of anilines is 2. The van der Waals surface area contributed by atoms with Gasteiger partial charge in [0.15, 0.2) is 0 Å². The van der Waals surface area contributed by atoms with E-state index in [1.807, 2.05) is 24.3 Å². The molecule has 2 aliphatic heterocycles. The lowest BCUT2D eigenvalue weighted by Gasteiger charge is -2.27. The summed E-state index contributed by atoms with van der Waals surface area (Å²) in [6.07, 6.45) is 8.10. The highest BCUT2D eigenvalue weighted by atomic mass is 16.5. The number of carbonyl (C=O) groups excluding carboxylic acids is 2. The quantitative estimate of drug-likeness (QED) is 0.541. The average Bonchev–Trinajstić information content (AvgIpc) is 3.19. The molecule has 1 aliphatic carbocycles. The number of morpholine rings is 1. The first-order valence-electron chi connectivity index (χ1n) is 13.1. The summed E-state index contributed by atoms with van der Waals surface area (Å²) >= 11 is 0. The van der Waals surface area contributed by atoms with Crippen molar-refractivity contribution in [1.29, 1.82) is 0 Å². The fourth-order valence-electron chi connectivity index (χ4n) is 5.42. The van der Waals surface area contributed by atoms with Gasteiger partial charge in [0.2, 0.25) is 5.91 Å². The highest BCUT2D eigenvalue weighted by Gasteiger charge is 2.25. The minimum Gasteiger partial charge on any atom is -0.492 e. The third kappa shape index (κ3) is 5.79. The highest BCUT2D eigenvalue weighted by molar-refractivity contribution is 6.35. The number of nitrogens with zero attached hydrogens (tertiary/aromatic N) is 1. The molecule has 0 radical (unpaired) electrons. The second kappa shape index (κ2) is 11.3. The van der Waals surface area contributed by atoms with Crippen molar-refractivity contribution < 1.29 is 19.1 Å². The van der Waals surface area contributed by atoms with Gasteiger partial charge in [-0.1, -0.05) is 31.4 Å². The van der Waals surface area contributed by atoms with Gasteiger partial charge in [-0.15, -0.1) is 0 Å². The van der Waals surface area contributed by atoms with E-state index in [0.717, 1.165) is 49.7 Å². The van der Waals surface area contributed by atoms with Crippen LogP contribution in [0.15, 0.2) is 36.4 Å². The molecule has 0 atom stereocenters. The Hall–Kier alpha value is -3.16. The molecule has 2 aromatic carbocycles. The molecule has 3 aliphatic rings. The second-order valence-electron chi connectivity index (χ2n) is 9.89. The van der Waals surface area contributed by atoms with E-state index >= 15 is 0 Å². The van der Waals surface area contributed by atoms with Gasteiger partial charge in [0.05, 0.1) is 18.9 Å². The third-order valence-electron chi connectivity index (χ3n) is 7.28. The smallest absolute Gasteiger partial charge is 0.256 e. The predicted molar refractivity (Wildman–Crippen MR) is 142 cm³/mol. The molecule has 7 nitrogen and oxygen atoms in total. The Kier molecular flexibility index (Phi) is 7.68. The molecule has 7 heteroatoms. The molecule has 2 N–H and O–H groups in total. The zero-order chi connectivity index (χ0) is 24.9. The topological polar surface area (TPSA) is 79.9 Å². The zero-order valence-corrected chi connectivity index (χ0v) is 21.0. The van der Waals surface area contributed by atoms with E-state index in [1.165, 1.54) is 44.6 Å². The number of carbonyl (C=O) groups is 2. The van der Waals surface area contributed by atoms with Crippen LogP contribution in [0.2, 0.25) is 0 Å². The SMILES string of the molecule is CC(=O)Nc1ccc2c(c1)NC(=O)/C2=C\c1ccc(OCCN2CCOCC2)c(C2CCCCC2)c1. The Labute approximate surface area is 212 Å². The molecule has 0 aromatic heterocycles. The third-order valence-corrected chi connectivity index (χ3v) is 7.28. The summed E-state index contributed by atoms with van der Waals surface area (Å²) in [5.74, 6) is 1.18. The zero-order valence-electron chi connectivity index (χ0n) is 21.0. The lowest BCUT2D eigenvalue weighted by atomic mass is 9.83. The number of amides is 2. The van der Waals surface area contributed by atoms with Crippen molar-refractivity contribution in [2.75, 3.05) is 50.1 Å². The van der Waals surface area contributed by atoms with Crippen molar-refractivity contribution in [2.24, 2.45) is 0 Å². The van der Waals surface area contributed by atoms with E-state index in [9.17, 15) is 9.59 Å². The Bertz CT molecular complexity index is 1150. The van der Waals surface area contributed by atoms with Crippen molar-refractivity contribution in [3.05, 3.63) is 53.1 Å². The van der Waals surface area contributed by atoms with Crippen LogP contribution in [0, 0.1) is 0 Å². The summed E-state index contributed by atoms with van der Waals surface area (Å²) in [7, 11) is 0. The monoisotopic (exact) mass is 489 g/mol. The molecule has 2 aromatic rings. The molecule has 36 heavy (non-hydrogen) atoms. The maximum absolute atomic E-state index is 12.8. The molecular weight excluding hydrogens is 454 g/mol. The van der Waals surface area contributed by atoms with Gasteiger partial charge in [0, 0.05) is 43.4 Å². The maximum Gasteiger partial charge on any atom is 0.256 e. The predicted octanol–water partition coefficient (Wildman–Crippen LogP) is 4.90. The minimum absolute atomic E-state index is 0.130. The largest absolute Gasteiger partial charge is 0.492 e. The summed E-state index contributed by atoms with van der Waals surface area (Å²) in [5, 5.41) is 5.70. The molecular formula is C29H35N3O4. The molecule has 0 unspecified atom stereocenters. The molecule has 1 saturated carbocycles. The van der Waals surface area contributed by atoms with Crippen molar-refractivity contribution in [1.82, 2.24) is 4.90 Å². The number of hydrogen-bond acceptors (Lipinski definition) is 5. The molecule has 2 heterocycles. The van der Waals surface area contributed by atoms with Crippen molar-refractivity contribution in [3.8, 4) is 5.75 Å². The molecule has 0 bridgehead atoms. The minimum atomic E-state index is -0.141. The van der Waals surface area contributed by atoms with Crippen LogP contribution in [0.1, 0.15) is 61.6 Å². The van der Waals surface area contributed by atoms with Gasteiger partial charge in [0.25, 0.3) is 5.91 Å². The number of fused-ring (bicyclic) bond motifs is 1. The first-order valence-corrected chi connectivity index (χ1v) is 13.1. The summed E-state index contributed by atoms with van der Waals surface area (Å²) in [6, 6.07) is 11.8. The lowest BCUT2D eigenvalue weighted by molar-refractivity contribution is -0.114. The normalized spacial score (nSPS) is 19.7. The first-order chi connectivity index (χ1) is 17.6. The van der Waals surface area contributed by atoms with E-state index in [1.54, 1.807) is 6.07 Å². The number of rotatable bonds is 7. The van der Waals surface area contributed by atoms with E-state index in [-0.39, 0.29) is 11.8 Å². The van der Waals surface area contributed by atoms with Gasteiger partial charge in [0.1, 0.15) is 12.4 Å². The van der Waals surface area contributed by atoms with Crippen LogP contribution < -0.4 is 15.4 Å². The molecule has 5 rings (SSSR count). The van der Waals surface area contributed by atoms with Crippen LogP contribution in [0.4, 0.5) is 11.4 Å². The molecule has 2 fully saturated rings. The Morgan fingerprint density at radius 2 is 1.94 bits per heavy atom. The maximum atomic E-state index is 12.8. The fraction of sp³-hybridized carbons (Fsp3) is 0.448. The van der Waals surface area contributed by atoms with Gasteiger partial charge < -0.3 is 20.1 Å². The van der Waals surface area contributed by atoms with E-state index in [2.05, 4.69) is 27.7 Å². The van der Waals surface area contributed by atoms with E-state index in [0.29, 0.717) is 29.5 Å². The van der Waals surface area contributed by atoms with Crippen LogP contribution in [-0.2, 0) is 14.3 Å². The molecule has 1 saturated heterocycles. The molecule has 0 spiro atoms. The van der Waals surface area contributed by atoms with Crippen molar-refractivity contribution in [3.63, 3.8) is 0 Å². The van der Waals surface area contributed by atoms with Crippen molar-refractivity contribution >= 4 is 34.8 Å². The standard InChI is InChI=1S/C29H35N3O4/c1-20(33)30-23-8-9-24-26(29(34)31-27(24)19-23)18-21-7-10-28(25(17-21)22-5-3-2-4-6-22)36-16-13-32-11-14-35-15-12-32/h7-10,17-19,22H,2-6,11-16H2,1H3,(H,30,33)(H,31,34)/b26-18-. The van der Waals surface area contributed by atoms with Gasteiger partial charge in [-0.3, -0.25) is 14.5 Å². The van der Waals surface area contributed by atoms with E-state index < -0.39 is 0 Å². The first kappa shape index (κ1) is 24.5.